The van der Waals surface area contributed by atoms with Crippen LogP contribution in [0.4, 0.5) is 5.69 Å². The average molecular weight is 382 g/mol. The molecule has 1 heterocycles. The number of nitrogens with zero attached hydrogens (tertiary/aromatic N) is 4. The number of H-pyrrole nitrogens is 1. The lowest BCUT2D eigenvalue weighted by atomic mass is 10.2. The summed E-state index contributed by atoms with van der Waals surface area (Å²) in [6, 6.07) is 17.9. The molecule has 1 N–H and O–H groups in total. The largest absolute Gasteiger partial charge is 0.486 e. The van der Waals surface area contributed by atoms with Crippen LogP contribution in [0.1, 0.15) is 25.2 Å². The van der Waals surface area contributed by atoms with Gasteiger partial charge in [-0.2, -0.15) is 14.9 Å². The molecule has 140 valence electrons. The zero-order valence-corrected chi connectivity index (χ0v) is 16.3. The van der Waals surface area contributed by atoms with E-state index in [1.54, 1.807) is 10.9 Å². The van der Waals surface area contributed by atoms with Crippen molar-refractivity contribution < 1.29 is 4.74 Å². The highest BCUT2D eigenvalue weighted by molar-refractivity contribution is 7.71. The molecule has 0 atom stereocenters. The second kappa shape index (κ2) is 9.14. The Morgan fingerprint density at radius 2 is 1.81 bits per heavy atom. The molecule has 0 saturated carbocycles. The summed E-state index contributed by atoms with van der Waals surface area (Å²) in [5.41, 5.74) is 2.19. The van der Waals surface area contributed by atoms with Gasteiger partial charge in [0.05, 0.1) is 6.21 Å². The van der Waals surface area contributed by atoms with Gasteiger partial charge in [0, 0.05) is 18.8 Å². The van der Waals surface area contributed by atoms with E-state index in [0.29, 0.717) is 10.6 Å². The maximum absolute atomic E-state index is 5.74. The van der Waals surface area contributed by atoms with E-state index in [9.17, 15) is 0 Å². The molecule has 1 aromatic heterocycles. The monoisotopic (exact) mass is 381 g/mol. The van der Waals surface area contributed by atoms with E-state index in [4.69, 9.17) is 17.0 Å². The Kier molecular flexibility index (Phi) is 6.38. The van der Waals surface area contributed by atoms with Gasteiger partial charge in [-0.25, -0.2) is 5.10 Å². The Morgan fingerprint density at radius 3 is 2.48 bits per heavy atom. The standard InChI is InChI=1S/C20H23N5OS/c1-3-24(4-2)17-12-10-16(11-13-17)14-21-25-19(22-23-20(25)27)15-26-18-8-6-5-7-9-18/h5-14H,3-4,15H2,1-2H3,(H,23,27)/b21-14-. The van der Waals surface area contributed by atoms with Crippen molar-refractivity contribution in [3.63, 3.8) is 0 Å². The molecule has 0 aliphatic heterocycles. The molecule has 0 fully saturated rings. The molecule has 7 heteroatoms. The minimum atomic E-state index is 0.273. The molecule has 6 nitrogen and oxygen atoms in total. The molecule has 0 aliphatic rings. The van der Waals surface area contributed by atoms with Gasteiger partial charge in [0.15, 0.2) is 5.82 Å². The molecule has 0 amide bonds. The molecule has 0 spiro atoms. The van der Waals surface area contributed by atoms with Crippen molar-refractivity contribution >= 4 is 24.1 Å². The van der Waals surface area contributed by atoms with Crippen LogP contribution >= 0.6 is 12.2 Å². The van der Waals surface area contributed by atoms with Crippen LogP contribution in [-0.4, -0.2) is 34.2 Å². The highest BCUT2D eigenvalue weighted by atomic mass is 32.1. The van der Waals surface area contributed by atoms with Gasteiger partial charge in [-0.1, -0.05) is 30.3 Å². The Hall–Kier alpha value is -2.93. The number of ether oxygens (including phenoxy) is 1. The molecule has 0 radical (unpaired) electrons. The molecular weight excluding hydrogens is 358 g/mol. The predicted molar refractivity (Wildman–Crippen MR) is 111 cm³/mol. The number of rotatable bonds is 8. The molecule has 0 unspecified atom stereocenters. The summed E-state index contributed by atoms with van der Waals surface area (Å²) in [5, 5.41) is 11.4. The van der Waals surface area contributed by atoms with Crippen molar-refractivity contribution in [3.05, 3.63) is 70.8 Å². The lowest BCUT2D eigenvalue weighted by Gasteiger charge is -2.20. The van der Waals surface area contributed by atoms with Crippen LogP contribution in [0.25, 0.3) is 0 Å². The van der Waals surface area contributed by atoms with E-state index in [0.717, 1.165) is 24.4 Å². The Labute approximate surface area is 164 Å². The van der Waals surface area contributed by atoms with Gasteiger partial charge in [-0.05, 0) is 55.9 Å². The van der Waals surface area contributed by atoms with Crippen molar-refractivity contribution in [3.8, 4) is 5.75 Å². The van der Waals surface area contributed by atoms with Crippen LogP contribution < -0.4 is 9.64 Å². The van der Waals surface area contributed by atoms with Gasteiger partial charge < -0.3 is 9.64 Å². The summed E-state index contributed by atoms with van der Waals surface area (Å²) in [4.78, 5) is 2.30. The maximum Gasteiger partial charge on any atom is 0.216 e. The first-order chi connectivity index (χ1) is 13.2. The SMILES string of the molecule is CCN(CC)c1ccc(/C=N\n2c(COc3ccccc3)n[nH]c2=S)cc1. The fourth-order valence-electron chi connectivity index (χ4n) is 2.69. The number of anilines is 1. The number of benzene rings is 2. The smallest absolute Gasteiger partial charge is 0.216 e. The summed E-state index contributed by atoms with van der Waals surface area (Å²) >= 11 is 5.27. The van der Waals surface area contributed by atoms with E-state index in [-0.39, 0.29) is 6.61 Å². The molecule has 2 aromatic carbocycles. The van der Waals surface area contributed by atoms with Crippen LogP contribution in [0.15, 0.2) is 59.7 Å². The van der Waals surface area contributed by atoms with Crippen LogP contribution in [0.2, 0.25) is 0 Å². The van der Waals surface area contributed by atoms with Gasteiger partial charge in [-0.15, -0.1) is 0 Å². The summed E-state index contributed by atoms with van der Waals surface area (Å²) in [6.45, 7) is 6.55. The second-order valence-corrected chi connectivity index (χ2v) is 6.25. The fourth-order valence-corrected chi connectivity index (χ4v) is 2.88. The molecule has 27 heavy (non-hydrogen) atoms. The summed E-state index contributed by atoms with van der Waals surface area (Å²) in [7, 11) is 0. The molecule has 0 bridgehead atoms. The van der Waals surface area contributed by atoms with E-state index in [1.165, 1.54) is 5.69 Å². The van der Waals surface area contributed by atoms with Gasteiger partial charge in [-0.3, -0.25) is 0 Å². The van der Waals surface area contributed by atoms with E-state index >= 15 is 0 Å². The number of nitrogens with one attached hydrogen (secondary N) is 1. The Morgan fingerprint density at radius 1 is 1.11 bits per heavy atom. The van der Waals surface area contributed by atoms with Gasteiger partial charge in [0.1, 0.15) is 12.4 Å². The van der Waals surface area contributed by atoms with Crippen LogP contribution in [0, 0.1) is 4.77 Å². The second-order valence-electron chi connectivity index (χ2n) is 5.87. The van der Waals surface area contributed by atoms with Crippen molar-refractivity contribution in [1.82, 2.24) is 14.9 Å². The highest BCUT2D eigenvalue weighted by Gasteiger charge is 2.06. The topological polar surface area (TPSA) is 58.4 Å². The molecule has 0 aliphatic carbocycles. The lowest BCUT2D eigenvalue weighted by molar-refractivity contribution is 0.290. The van der Waals surface area contributed by atoms with E-state index < -0.39 is 0 Å². The van der Waals surface area contributed by atoms with Gasteiger partial charge >= 0.3 is 0 Å². The van der Waals surface area contributed by atoms with Crippen LogP contribution in [0.3, 0.4) is 0 Å². The number of aromatic amines is 1. The third-order valence-corrected chi connectivity index (χ3v) is 4.44. The van der Waals surface area contributed by atoms with Crippen molar-refractivity contribution in [2.24, 2.45) is 5.10 Å². The number of hydrogen-bond acceptors (Lipinski definition) is 5. The quantitative estimate of drug-likeness (QED) is 0.468. The third-order valence-electron chi connectivity index (χ3n) is 4.17. The minimum absolute atomic E-state index is 0.273. The van der Waals surface area contributed by atoms with Crippen molar-refractivity contribution in [1.29, 1.82) is 0 Å². The van der Waals surface area contributed by atoms with Crippen molar-refractivity contribution in [2.75, 3.05) is 18.0 Å². The number of para-hydroxylation sites is 1. The van der Waals surface area contributed by atoms with Gasteiger partial charge in [0.2, 0.25) is 4.77 Å². The third kappa shape index (κ3) is 4.83. The molecule has 3 aromatic rings. The average Bonchev–Trinajstić information content (AvgIpc) is 3.07. The number of hydrogen-bond donors (Lipinski definition) is 1. The minimum Gasteiger partial charge on any atom is -0.486 e. The van der Waals surface area contributed by atoms with Crippen LogP contribution in [-0.2, 0) is 6.61 Å². The molecular formula is C20H23N5OS. The first-order valence-corrected chi connectivity index (χ1v) is 9.35. The predicted octanol–water partition coefficient (Wildman–Crippen LogP) is 4.25. The lowest BCUT2D eigenvalue weighted by Crippen LogP contribution is -2.21. The Balaban J connectivity index is 1.71. The first-order valence-electron chi connectivity index (χ1n) is 8.94. The van der Waals surface area contributed by atoms with Gasteiger partial charge in [0.25, 0.3) is 0 Å². The summed E-state index contributed by atoms with van der Waals surface area (Å²) in [6.07, 6.45) is 1.77. The fraction of sp³-hybridized carbons (Fsp3) is 0.250. The van der Waals surface area contributed by atoms with Crippen LogP contribution in [0.5, 0.6) is 5.75 Å². The zero-order chi connectivity index (χ0) is 19.1. The van der Waals surface area contributed by atoms with E-state index in [1.807, 2.05) is 42.5 Å². The zero-order valence-electron chi connectivity index (χ0n) is 15.5. The molecule has 0 saturated heterocycles. The first kappa shape index (κ1) is 18.8. The number of aromatic nitrogens is 3. The normalized spacial score (nSPS) is 11.0. The summed E-state index contributed by atoms with van der Waals surface area (Å²) < 4.78 is 7.74. The van der Waals surface area contributed by atoms with E-state index in [2.05, 4.69) is 46.2 Å². The van der Waals surface area contributed by atoms with Crippen molar-refractivity contribution in [2.45, 2.75) is 20.5 Å². The maximum atomic E-state index is 5.74. The Bertz CT molecular complexity index is 927. The summed E-state index contributed by atoms with van der Waals surface area (Å²) in [5.74, 6) is 1.38. The molecule has 3 rings (SSSR count). The highest BCUT2D eigenvalue weighted by Crippen LogP contribution is 2.14.